The van der Waals surface area contributed by atoms with Crippen LogP contribution in [0.3, 0.4) is 0 Å². The molecular formula is C11H8ClN5O4. The maximum atomic E-state index is 10.9. The lowest BCUT2D eigenvalue weighted by atomic mass is 10.3. The van der Waals surface area contributed by atoms with Gasteiger partial charge in [-0.2, -0.15) is 4.98 Å². The summed E-state index contributed by atoms with van der Waals surface area (Å²) in [4.78, 5) is 17.9. The predicted octanol–water partition coefficient (Wildman–Crippen LogP) is 1.92. The van der Waals surface area contributed by atoms with Crippen molar-refractivity contribution in [3.8, 4) is 11.8 Å². The van der Waals surface area contributed by atoms with E-state index < -0.39 is 4.92 Å². The Morgan fingerprint density at radius 1 is 1.48 bits per heavy atom. The maximum absolute atomic E-state index is 10.9. The minimum Gasteiger partial charge on any atom is -0.417 e. The SMILES string of the molecule is N/C(=N/O)c1ccnc(Oc2ccc(Cl)cc2[N+](=O)[O-])n1. The van der Waals surface area contributed by atoms with Gasteiger partial charge in [-0.05, 0) is 18.2 Å². The van der Waals surface area contributed by atoms with E-state index in [1.807, 2.05) is 0 Å². The lowest BCUT2D eigenvalue weighted by Gasteiger charge is -2.05. The lowest BCUT2D eigenvalue weighted by Crippen LogP contribution is -2.15. The Morgan fingerprint density at radius 2 is 2.24 bits per heavy atom. The van der Waals surface area contributed by atoms with E-state index in [2.05, 4.69) is 15.1 Å². The normalized spacial score (nSPS) is 11.2. The molecule has 0 saturated carbocycles. The Kier molecular flexibility index (Phi) is 4.14. The molecule has 0 bridgehead atoms. The van der Waals surface area contributed by atoms with Crippen molar-refractivity contribution in [3.63, 3.8) is 0 Å². The summed E-state index contributed by atoms with van der Waals surface area (Å²) >= 11 is 5.70. The number of aromatic nitrogens is 2. The van der Waals surface area contributed by atoms with Gasteiger partial charge in [0.2, 0.25) is 5.75 Å². The fourth-order valence-electron chi connectivity index (χ4n) is 1.40. The Bertz CT molecular complexity index is 722. The average molecular weight is 310 g/mol. The van der Waals surface area contributed by atoms with Gasteiger partial charge in [-0.25, -0.2) is 4.98 Å². The minimum absolute atomic E-state index is 0.0824. The van der Waals surface area contributed by atoms with Crippen LogP contribution in [0.15, 0.2) is 35.6 Å². The fraction of sp³-hybridized carbons (Fsp3) is 0. The first-order valence-corrected chi connectivity index (χ1v) is 5.82. The van der Waals surface area contributed by atoms with Gasteiger partial charge >= 0.3 is 11.7 Å². The van der Waals surface area contributed by atoms with Crippen LogP contribution in [0.25, 0.3) is 0 Å². The highest BCUT2D eigenvalue weighted by Crippen LogP contribution is 2.32. The first-order valence-electron chi connectivity index (χ1n) is 5.44. The zero-order valence-corrected chi connectivity index (χ0v) is 11.1. The number of oxime groups is 1. The molecule has 2 rings (SSSR count). The quantitative estimate of drug-likeness (QED) is 0.289. The molecule has 0 radical (unpaired) electrons. The van der Waals surface area contributed by atoms with Crippen molar-refractivity contribution >= 4 is 23.1 Å². The number of rotatable bonds is 4. The number of nitrogens with zero attached hydrogens (tertiary/aromatic N) is 4. The van der Waals surface area contributed by atoms with Crippen molar-refractivity contribution in [2.75, 3.05) is 0 Å². The highest BCUT2D eigenvalue weighted by molar-refractivity contribution is 6.30. The summed E-state index contributed by atoms with van der Waals surface area (Å²) in [7, 11) is 0. The van der Waals surface area contributed by atoms with Crippen LogP contribution >= 0.6 is 11.6 Å². The molecule has 9 nitrogen and oxygen atoms in total. The van der Waals surface area contributed by atoms with Crippen LogP contribution in [0.5, 0.6) is 11.8 Å². The van der Waals surface area contributed by atoms with Gasteiger partial charge in [-0.1, -0.05) is 16.8 Å². The summed E-state index contributed by atoms with van der Waals surface area (Å²) in [6.45, 7) is 0. The van der Waals surface area contributed by atoms with Crippen molar-refractivity contribution in [3.05, 3.63) is 51.3 Å². The molecule has 1 aromatic heterocycles. The summed E-state index contributed by atoms with van der Waals surface area (Å²) in [6.07, 6.45) is 1.30. The monoisotopic (exact) mass is 309 g/mol. The van der Waals surface area contributed by atoms with Gasteiger partial charge in [-0.3, -0.25) is 10.1 Å². The molecule has 1 aromatic carbocycles. The second kappa shape index (κ2) is 6.01. The number of halogens is 1. The zero-order valence-electron chi connectivity index (χ0n) is 10.3. The molecule has 0 saturated heterocycles. The molecule has 10 heteroatoms. The molecule has 1 heterocycles. The Morgan fingerprint density at radius 3 is 2.90 bits per heavy atom. The van der Waals surface area contributed by atoms with Gasteiger partial charge in [0.15, 0.2) is 5.84 Å². The molecular weight excluding hydrogens is 302 g/mol. The van der Waals surface area contributed by atoms with Gasteiger partial charge in [0.1, 0.15) is 5.69 Å². The Labute approximate surface area is 122 Å². The second-order valence-electron chi connectivity index (χ2n) is 3.68. The molecule has 0 atom stereocenters. The molecule has 3 N–H and O–H groups in total. The van der Waals surface area contributed by atoms with Crippen LogP contribution in [0.2, 0.25) is 5.02 Å². The number of hydrogen-bond acceptors (Lipinski definition) is 7. The molecule has 0 amide bonds. The third kappa shape index (κ3) is 3.34. The first kappa shape index (κ1) is 14.5. The molecule has 0 unspecified atom stereocenters. The highest BCUT2D eigenvalue weighted by atomic mass is 35.5. The van der Waals surface area contributed by atoms with E-state index in [-0.39, 0.29) is 34.0 Å². The minimum atomic E-state index is -0.644. The number of nitro groups is 1. The van der Waals surface area contributed by atoms with Crippen LogP contribution in [0, 0.1) is 10.1 Å². The molecule has 0 spiro atoms. The summed E-state index contributed by atoms with van der Waals surface area (Å²) < 4.78 is 5.25. The average Bonchev–Trinajstić information content (AvgIpc) is 2.48. The van der Waals surface area contributed by atoms with Gasteiger partial charge in [0.25, 0.3) is 0 Å². The summed E-state index contributed by atoms with van der Waals surface area (Å²) in [5.41, 5.74) is 5.16. The van der Waals surface area contributed by atoms with Crippen LogP contribution in [-0.2, 0) is 0 Å². The van der Waals surface area contributed by atoms with E-state index >= 15 is 0 Å². The molecule has 108 valence electrons. The van der Waals surface area contributed by atoms with E-state index in [4.69, 9.17) is 27.3 Å². The van der Waals surface area contributed by atoms with Gasteiger partial charge in [0, 0.05) is 17.3 Å². The Balaban J connectivity index is 2.37. The third-order valence-corrected chi connectivity index (χ3v) is 2.56. The highest BCUT2D eigenvalue weighted by Gasteiger charge is 2.17. The number of benzene rings is 1. The van der Waals surface area contributed by atoms with Crippen LogP contribution in [-0.4, -0.2) is 25.9 Å². The van der Waals surface area contributed by atoms with Crippen LogP contribution in [0.4, 0.5) is 5.69 Å². The zero-order chi connectivity index (χ0) is 15.4. The largest absolute Gasteiger partial charge is 0.417 e. The smallest absolute Gasteiger partial charge is 0.322 e. The first-order chi connectivity index (χ1) is 10.0. The fourth-order valence-corrected chi connectivity index (χ4v) is 1.57. The van der Waals surface area contributed by atoms with E-state index in [0.717, 1.165) is 6.07 Å². The van der Waals surface area contributed by atoms with Gasteiger partial charge < -0.3 is 15.7 Å². The van der Waals surface area contributed by atoms with Crippen molar-refractivity contribution in [1.82, 2.24) is 9.97 Å². The standard InChI is InChI=1S/C11H8ClN5O4/c12-6-1-2-9(8(5-6)17(19)20)21-11-14-4-3-7(15-11)10(13)16-18/h1-5,18H,(H2,13,16). The molecule has 2 aromatic rings. The van der Waals surface area contributed by atoms with E-state index in [0.29, 0.717) is 0 Å². The molecule has 0 aliphatic heterocycles. The number of ether oxygens (including phenoxy) is 1. The molecule has 21 heavy (non-hydrogen) atoms. The van der Waals surface area contributed by atoms with Crippen molar-refractivity contribution in [2.24, 2.45) is 10.9 Å². The van der Waals surface area contributed by atoms with Gasteiger partial charge in [0.05, 0.1) is 4.92 Å². The molecule has 0 aliphatic carbocycles. The van der Waals surface area contributed by atoms with Crippen molar-refractivity contribution < 1.29 is 14.9 Å². The Hall–Kier alpha value is -2.94. The maximum Gasteiger partial charge on any atom is 0.322 e. The number of nitrogens with two attached hydrogens (primary N) is 1. The lowest BCUT2D eigenvalue weighted by molar-refractivity contribution is -0.385. The predicted molar refractivity (Wildman–Crippen MR) is 72.7 cm³/mol. The van der Waals surface area contributed by atoms with Crippen LogP contribution in [0.1, 0.15) is 5.69 Å². The molecule has 0 aliphatic rings. The topological polar surface area (TPSA) is 137 Å². The van der Waals surface area contributed by atoms with Crippen molar-refractivity contribution in [1.29, 1.82) is 0 Å². The third-order valence-electron chi connectivity index (χ3n) is 2.32. The summed E-state index contributed by atoms with van der Waals surface area (Å²) in [6, 6.07) is 5.09. The number of amidine groups is 1. The number of hydrogen-bond donors (Lipinski definition) is 2. The molecule has 0 fully saturated rings. The second-order valence-corrected chi connectivity index (χ2v) is 4.12. The summed E-state index contributed by atoms with van der Waals surface area (Å²) in [5, 5.41) is 22.5. The van der Waals surface area contributed by atoms with Gasteiger partial charge in [-0.15, -0.1) is 0 Å². The van der Waals surface area contributed by atoms with Crippen molar-refractivity contribution in [2.45, 2.75) is 0 Å². The van der Waals surface area contributed by atoms with E-state index in [1.54, 1.807) is 0 Å². The van der Waals surface area contributed by atoms with Crippen LogP contribution < -0.4 is 10.5 Å². The number of nitro benzene ring substituents is 1. The summed E-state index contributed by atoms with van der Waals surface area (Å²) in [5.74, 6) is -0.325. The van der Waals surface area contributed by atoms with E-state index in [9.17, 15) is 10.1 Å². The van der Waals surface area contributed by atoms with E-state index in [1.165, 1.54) is 24.4 Å².